The lowest BCUT2D eigenvalue weighted by Gasteiger charge is -2.24. The van der Waals surface area contributed by atoms with Crippen LogP contribution in [0.1, 0.15) is 17.3 Å². The van der Waals surface area contributed by atoms with E-state index in [2.05, 4.69) is 89.7 Å². The van der Waals surface area contributed by atoms with Crippen molar-refractivity contribution in [3.8, 4) is 55.9 Å². The average molecular weight is 585 g/mol. The van der Waals surface area contributed by atoms with Gasteiger partial charge in [-0.15, -0.1) is 0 Å². The van der Waals surface area contributed by atoms with E-state index in [4.69, 9.17) is 4.98 Å². The highest BCUT2D eigenvalue weighted by molar-refractivity contribution is 6.24. The van der Waals surface area contributed by atoms with Crippen LogP contribution < -0.4 is 0 Å². The Morgan fingerprint density at radius 3 is 1.29 bits per heavy atom. The Hall–Kier alpha value is -5.58. The van der Waals surface area contributed by atoms with Gasteiger partial charge in [0.25, 0.3) is 5.91 Å². The summed E-state index contributed by atoms with van der Waals surface area (Å²) < 4.78 is 6.35. The number of para-hydroxylation sites is 2. The number of hydrogen-bond acceptors (Lipinski definition) is 3. The Morgan fingerprint density at radius 2 is 0.867 bits per heavy atom. The summed E-state index contributed by atoms with van der Waals surface area (Å²) in [5, 5.41) is 0. The predicted molar refractivity (Wildman–Crippen MR) is 184 cm³/mol. The first kappa shape index (κ1) is 28.2. The van der Waals surface area contributed by atoms with Crippen molar-refractivity contribution in [1.29, 1.82) is 0 Å². The van der Waals surface area contributed by atoms with E-state index in [1.807, 2.05) is 72.2 Å². The van der Waals surface area contributed by atoms with Crippen molar-refractivity contribution in [3.05, 3.63) is 151 Å². The molecule has 0 saturated carbocycles. The standard InChI is InChI=1S/C38H24N2O.C3H8O/c41-38-36-34(28-21-11-4-12-22-28)32(26-17-7-2-8-18-26)31(25-15-5-1-6-16-25)33(27-19-9-3-10-20-27)35(36)37-39-29-23-13-14-24-30(29)40(37)38;1-3-4-2/h1-24H;3H2,1-2H3. The summed E-state index contributed by atoms with van der Waals surface area (Å²) in [5.41, 5.74) is 11.5. The summed E-state index contributed by atoms with van der Waals surface area (Å²) in [7, 11) is 1.68. The van der Waals surface area contributed by atoms with E-state index >= 15 is 0 Å². The fourth-order valence-corrected chi connectivity index (χ4v) is 6.27. The highest BCUT2D eigenvalue weighted by atomic mass is 16.5. The number of fused-ring (bicyclic) bond motifs is 5. The lowest BCUT2D eigenvalue weighted by molar-refractivity contribution is 0.0974. The molecule has 1 aromatic heterocycles. The number of hydrogen-bond donors (Lipinski definition) is 0. The minimum absolute atomic E-state index is 0.0449. The molecule has 0 bridgehead atoms. The number of methoxy groups -OCH3 is 1. The summed E-state index contributed by atoms with van der Waals surface area (Å²) in [6.07, 6.45) is 0. The van der Waals surface area contributed by atoms with Gasteiger partial charge >= 0.3 is 0 Å². The number of nitrogens with zero attached hydrogens (tertiary/aromatic N) is 2. The Bertz CT molecular complexity index is 2120. The van der Waals surface area contributed by atoms with Crippen LogP contribution in [0.25, 0.3) is 66.9 Å². The summed E-state index contributed by atoms with van der Waals surface area (Å²) in [5.74, 6) is 0.649. The van der Waals surface area contributed by atoms with Gasteiger partial charge in [-0.05, 0) is 52.4 Å². The van der Waals surface area contributed by atoms with Crippen molar-refractivity contribution in [1.82, 2.24) is 9.55 Å². The van der Waals surface area contributed by atoms with Crippen molar-refractivity contribution >= 4 is 16.9 Å². The molecule has 218 valence electrons. The van der Waals surface area contributed by atoms with Gasteiger partial charge in [0.1, 0.15) is 5.82 Å². The van der Waals surface area contributed by atoms with Crippen LogP contribution in [0.4, 0.5) is 0 Å². The van der Waals surface area contributed by atoms with Crippen LogP contribution >= 0.6 is 0 Å². The van der Waals surface area contributed by atoms with Gasteiger partial charge in [-0.25, -0.2) is 4.98 Å². The number of aromatic nitrogens is 2. The topological polar surface area (TPSA) is 44.1 Å². The molecular weight excluding hydrogens is 552 g/mol. The van der Waals surface area contributed by atoms with Crippen LogP contribution in [-0.2, 0) is 4.74 Å². The van der Waals surface area contributed by atoms with Crippen LogP contribution in [0.2, 0.25) is 0 Å². The van der Waals surface area contributed by atoms with Gasteiger partial charge in [0.05, 0.1) is 16.6 Å². The maximum atomic E-state index is 14.7. The Balaban J connectivity index is 0.000000770. The van der Waals surface area contributed by atoms with E-state index in [-0.39, 0.29) is 5.91 Å². The molecule has 0 radical (unpaired) electrons. The summed E-state index contributed by atoms with van der Waals surface area (Å²) in [4.78, 5) is 19.8. The third-order valence-electron chi connectivity index (χ3n) is 8.24. The Kier molecular flexibility index (Phi) is 7.64. The molecule has 0 N–H and O–H groups in total. The molecule has 6 aromatic carbocycles. The van der Waals surface area contributed by atoms with Crippen molar-refractivity contribution < 1.29 is 9.53 Å². The van der Waals surface area contributed by atoms with Gasteiger partial charge in [0.15, 0.2) is 0 Å². The lowest BCUT2D eigenvalue weighted by Crippen LogP contribution is -2.09. The third-order valence-corrected chi connectivity index (χ3v) is 8.24. The van der Waals surface area contributed by atoms with E-state index in [9.17, 15) is 4.79 Å². The van der Waals surface area contributed by atoms with Crippen molar-refractivity contribution in [3.63, 3.8) is 0 Å². The second-order valence-corrected chi connectivity index (χ2v) is 10.9. The zero-order chi connectivity index (χ0) is 30.8. The number of rotatable bonds is 5. The van der Waals surface area contributed by atoms with E-state index in [0.717, 1.165) is 67.7 Å². The zero-order valence-electron chi connectivity index (χ0n) is 25.3. The monoisotopic (exact) mass is 584 g/mol. The second-order valence-electron chi connectivity index (χ2n) is 10.9. The van der Waals surface area contributed by atoms with Gasteiger partial charge in [-0.1, -0.05) is 133 Å². The molecule has 2 heterocycles. The molecule has 0 fully saturated rings. The molecule has 0 amide bonds. The van der Waals surface area contributed by atoms with Gasteiger partial charge in [0.2, 0.25) is 0 Å². The molecule has 4 heteroatoms. The van der Waals surface area contributed by atoms with Gasteiger partial charge in [0, 0.05) is 30.4 Å². The summed E-state index contributed by atoms with van der Waals surface area (Å²) in [6.45, 7) is 2.78. The van der Waals surface area contributed by atoms with E-state index in [1.54, 1.807) is 7.11 Å². The van der Waals surface area contributed by atoms with Gasteiger partial charge in [-0.2, -0.15) is 0 Å². The maximum Gasteiger partial charge on any atom is 0.265 e. The number of carbonyl (C=O) groups is 1. The maximum absolute atomic E-state index is 14.7. The molecule has 0 spiro atoms. The molecular formula is C41H32N2O2. The van der Waals surface area contributed by atoms with Crippen LogP contribution in [0.5, 0.6) is 0 Å². The van der Waals surface area contributed by atoms with Crippen molar-refractivity contribution in [2.45, 2.75) is 6.92 Å². The summed E-state index contributed by atoms with van der Waals surface area (Å²) in [6, 6.07) is 49.6. The lowest BCUT2D eigenvalue weighted by atomic mass is 9.77. The van der Waals surface area contributed by atoms with Crippen LogP contribution in [0.15, 0.2) is 146 Å². The van der Waals surface area contributed by atoms with E-state index in [0.29, 0.717) is 11.4 Å². The molecule has 1 aliphatic rings. The largest absolute Gasteiger partial charge is 0.385 e. The first-order chi connectivity index (χ1) is 22.2. The van der Waals surface area contributed by atoms with E-state index in [1.165, 1.54) is 0 Å². The molecule has 7 aromatic rings. The molecule has 4 nitrogen and oxygen atoms in total. The third kappa shape index (κ3) is 4.86. The van der Waals surface area contributed by atoms with Gasteiger partial charge in [-0.3, -0.25) is 9.36 Å². The SMILES string of the molecule is CCOC.O=C1c2c(-c3ccccc3)c(-c3ccccc3)c(-c3ccccc3)c(-c3ccccc3)c2-c2nc3ccccc3n21. The second kappa shape index (κ2) is 12.2. The highest BCUT2D eigenvalue weighted by Gasteiger charge is 2.39. The minimum atomic E-state index is -0.0449. The minimum Gasteiger partial charge on any atom is -0.385 e. The molecule has 45 heavy (non-hydrogen) atoms. The normalized spacial score (nSPS) is 11.6. The first-order valence-corrected chi connectivity index (χ1v) is 15.2. The number of benzene rings is 6. The van der Waals surface area contributed by atoms with Crippen molar-refractivity contribution in [2.24, 2.45) is 0 Å². The molecule has 0 aliphatic carbocycles. The van der Waals surface area contributed by atoms with Gasteiger partial charge < -0.3 is 4.74 Å². The molecule has 8 rings (SSSR count). The van der Waals surface area contributed by atoms with E-state index < -0.39 is 0 Å². The Labute approximate surface area is 263 Å². The molecule has 0 atom stereocenters. The number of ether oxygens (including phenoxy) is 1. The first-order valence-electron chi connectivity index (χ1n) is 15.2. The Morgan fingerprint density at radius 1 is 0.511 bits per heavy atom. The molecule has 0 unspecified atom stereocenters. The fraction of sp³-hybridized carbons (Fsp3) is 0.0732. The number of imidazole rings is 1. The number of carbonyl (C=O) groups excluding carboxylic acids is 1. The smallest absolute Gasteiger partial charge is 0.265 e. The predicted octanol–water partition coefficient (Wildman–Crippen LogP) is 10.0. The van der Waals surface area contributed by atoms with Crippen LogP contribution in [0, 0.1) is 0 Å². The highest BCUT2D eigenvalue weighted by Crippen LogP contribution is 2.55. The van der Waals surface area contributed by atoms with Crippen LogP contribution in [-0.4, -0.2) is 29.2 Å². The fourth-order valence-electron chi connectivity index (χ4n) is 6.27. The zero-order valence-corrected chi connectivity index (χ0v) is 25.3. The summed E-state index contributed by atoms with van der Waals surface area (Å²) >= 11 is 0. The van der Waals surface area contributed by atoms with Crippen LogP contribution in [0.3, 0.4) is 0 Å². The molecule has 1 aliphatic heterocycles. The molecule has 0 saturated heterocycles. The average Bonchev–Trinajstić information content (AvgIpc) is 3.63. The quantitative estimate of drug-likeness (QED) is 0.202. The van der Waals surface area contributed by atoms with Crippen molar-refractivity contribution in [2.75, 3.05) is 13.7 Å².